The maximum Gasteiger partial charge on any atom is 0.265 e. The van der Waals surface area contributed by atoms with Gasteiger partial charge in [-0.25, -0.2) is 5.43 Å². The van der Waals surface area contributed by atoms with Crippen LogP contribution in [0.15, 0.2) is 35.4 Å². The van der Waals surface area contributed by atoms with Crippen molar-refractivity contribution in [3.63, 3.8) is 0 Å². The van der Waals surface area contributed by atoms with Gasteiger partial charge in [-0.05, 0) is 30.2 Å². The molecule has 4 aromatic rings. The molecule has 0 unspecified atom stereocenters. The molecule has 0 aliphatic heterocycles. The lowest BCUT2D eigenvalue weighted by Crippen LogP contribution is -2.00. The van der Waals surface area contributed by atoms with Gasteiger partial charge in [-0.3, -0.25) is 0 Å². The lowest BCUT2D eigenvalue weighted by atomic mass is 10.1. The number of fused-ring (bicyclic) bond motifs is 3. The summed E-state index contributed by atoms with van der Waals surface area (Å²) in [5.74, 6) is 2.02. The second-order valence-electron chi connectivity index (χ2n) is 6.51. The van der Waals surface area contributed by atoms with Crippen molar-refractivity contribution in [2.24, 2.45) is 5.10 Å². The summed E-state index contributed by atoms with van der Waals surface area (Å²) in [5, 5.41) is 13.7. The van der Waals surface area contributed by atoms with Gasteiger partial charge in [0.25, 0.3) is 5.95 Å². The number of methoxy groups -OCH3 is 3. The van der Waals surface area contributed by atoms with E-state index in [1.54, 1.807) is 39.7 Å². The van der Waals surface area contributed by atoms with Crippen molar-refractivity contribution in [2.45, 2.75) is 13.3 Å². The molecule has 2 heterocycles. The molecule has 2 N–H and O–H groups in total. The number of aromatic nitrogens is 4. The van der Waals surface area contributed by atoms with Crippen molar-refractivity contribution in [3.05, 3.63) is 41.5 Å². The molecule has 0 saturated heterocycles. The maximum absolute atomic E-state index is 5.40. The van der Waals surface area contributed by atoms with Crippen LogP contribution in [0.25, 0.3) is 22.1 Å². The summed E-state index contributed by atoms with van der Waals surface area (Å²) in [6, 6.07) is 9.74. The largest absolute Gasteiger partial charge is 0.496 e. The van der Waals surface area contributed by atoms with E-state index < -0.39 is 0 Å². The van der Waals surface area contributed by atoms with Crippen LogP contribution in [0.4, 0.5) is 5.95 Å². The van der Waals surface area contributed by atoms with Gasteiger partial charge in [-0.2, -0.15) is 10.1 Å². The first-order valence-corrected chi connectivity index (χ1v) is 9.41. The maximum atomic E-state index is 5.40. The zero-order valence-corrected chi connectivity index (χ0v) is 17.2. The Morgan fingerprint density at radius 3 is 2.50 bits per heavy atom. The van der Waals surface area contributed by atoms with Crippen LogP contribution in [-0.4, -0.2) is 47.7 Å². The molecule has 2 aromatic heterocycles. The van der Waals surface area contributed by atoms with Gasteiger partial charge in [0.05, 0.1) is 27.5 Å². The van der Waals surface area contributed by atoms with Gasteiger partial charge in [-0.15, -0.1) is 10.2 Å². The van der Waals surface area contributed by atoms with E-state index in [-0.39, 0.29) is 5.95 Å². The van der Waals surface area contributed by atoms with E-state index in [9.17, 15) is 0 Å². The second-order valence-corrected chi connectivity index (χ2v) is 6.51. The number of hydrogen-bond donors (Lipinski definition) is 2. The molecule has 0 aliphatic rings. The molecule has 0 aliphatic carbocycles. The molecule has 9 nitrogen and oxygen atoms in total. The highest BCUT2D eigenvalue weighted by atomic mass is 16.5. The Balaban J connectivity index is 1.60. The number of aryl methyl sites for hydroxylation is 1. The summed E-state index contributed by atoms with van der Waals surface area (Å²) < 4.78 is 16.0. The monoisotopic (exact) mass is 406 g/mol. The minimum atomic E-state index is 0.278. The van der Waals surface area contributed by atoms with Gasteiger partial charge < -0.3 is 19.2 Å². The van der Waals surface area contributed by atoms with Crippen molar-refractivity contribution in [2.75, 3.05) is 26.8 Å². The normalized spacial score (nSPS) is 11.3. The summed E-state index contributed by atoms with van der Waals surface area (Å²) in [5.41, 5.74) is 7.10. The van der Waals surface area contributed by atoms with Crippen LogP contribution in [0.1, 0.15) is 18.1 Å². The highest BCUT2D eigenvalue weighted by Gasteiger charge is 2.11. The minimum Gasteiger partial charge on any atom is -0.496 e. The first-order valence-electron chi connectivity index (χ1n) is 9.41. The standard InChI is InChI=1S/C21H22N6O3/c1-5-12-6-7-15-14(8-12)19-20(23-15)24-21(27-25-19)26-22-11-13-9-17(29-3)18(30-4)10-16(13)28-2/h6-11H,5H2,1-4H3,(H2,23,24,26,27)/b22-11+. The molecule has 0 radical (unpaired) electrons. The van der Waals surface area contributed by atoms with Gasteiger partial charge in [0, 0.05) is 22.5 Å². The van der Waals surface area contributed by atoms with E-state index >= 15 is 0 Å². The van der Waals surface area contributed by atoms with Gasteiger partial charge >= 0.3 is 0 Å². The number of benzene rings is 2. The molecular formula is C21H22N6O3. The average Bonchev–Trinajstić information content (AvgIpc) is 3.15. The fraction of sp³-hybridized carbons (Fsp3) is 0.238. The highest BCUT2D eigenvalue weighted by molar-refractivity contribution is 6.03. The van der Waals surface area contributed by atoms with Gasteiger partial charge in [0.15, 0.2) is 17.1 Å². The molecule has 0 bridgehead atoms. The van der Waals surface area contributed by atoms with Crippen molar-refractivity contribution < 1.29 is 14.2 Å². The molecule has 0 atom stereocenters. The Morgan fingerprint density at radius 2 is 1.77 bits per heavy atom. The van der Waals surface area contributed by atoms with Crippen LogP contribution in [0.5, 0.6) is 17.2 Å². The fourth-order valence-electron chi connectivity index (χ4n) is 3.20. The molecule has 2 aromatic carbocycles. The number of aromatic amines is 1. The molecule has 0 spiro atoms. The molecule has 0 fully saturated rings. The molecule has 4 rings (SSSR count). The zero-order valence-electron chi connectivity index (χ0n) is 17.2. The Kier molecular flexibility index (Phi) is 5.34. The van der Waals surface area contributed by atoms with Crippen LogP contribution in [0.3, 0.4) is 0 Å². The number of rotatable bonds is 7. The summed E-state index contributed by atoms with van der Waals surface area (Å²) in [6.45, 7) is 2.12. The first kappa shape index (κ1) is 19.4. The van der Waals surface area contributed by atoms with Crippen molar-refractivity contribution in [1.29, 1.82) is 0 Å². The van der Waals surface area contributed by atoms with Crippen LogP contribution in [0.2, 0.25) is 0 Å². The first-order chi connectivity index (χ1) is 14.7. The Bertz CT molecular complexity index is 1230. The molecule has 0 amide bonds. The lowest BCUT2D eigenvalue weighted by Gasteiger charge is -2.11. The third-order valence-electron chi connectivity index (χ3n) is 4.79. The van der Waals surface area contributed by atoms with E-state index in [0.29, 0.717) is 28.5 Å². The minimum absolute atomic E-state index is 0.278. The van der Waals surface area contributed by atoms with Crippen LogP contribution < -0.4 is 19.6 Å². The Morgan fingerprint density at radius 1 is 1.00 bits per heavy atom. The number of nitrogens with zero attached hydrogens (tertiary/aromatic N) is 4. The third-order valence-corrected chi connectivity index (χ3v) is 4.79. The number of H-pyrrole nitrogens is 1. The summed E-state index contributed by atoms with van der Waals surface area (Å²) in [4.78, 5) is 7.74. The van der Waals surface area contributed by atoms with E-state index in [2.05, 4.69) is 49.7 Å². The van der Waals surface area contributed by atoms with Gasteiger partial charge in [0.1, 0.15) is 11.3 Å². The predicted molar refractivity (Wildman–Crippen MR) is 116 cm³/mol. The molecule has 154 valence electrons. The number of anilines is 1. The highest BCUT2D eigenvalue weighted by Crippen LogP contribution is 2.33. The number of nitrogens with one attached hydrogen (secondary N) is 2. The van der Waals surface area contributed by atoms with Crippen molar-refractivity contribution in [1.82, 2.24) is 20.2 Å². The Hall–Kier alpha value is -3.88. The molecular weight excluding hydrogens is 384 g/mol. The number of hydrazone groups is 1. The van der Waals surface area contributed by atoms with Gasteiger partial charge in [0.2, 0.25) is 0 Å². The lowest BCUT2D eigenvalue weighted by molar-refractivity contribution is 0.349. The molecule has 0 saturated carbocycles. The van der Waals surface area contributed by atoms with Crippen LogP contribution in [0, 0.1) is 0 Å². The van der Waals surface area contributed by atoms with Gasteiger partial charge in [-0.1, -0.05) is 13.0 Å². The summed E-state index contributed by atoms with van der Waals surface area (Å²) in [6.07, 6.45) is 2.55. The van der Waals surface area contributed by atoms with Crippen molar-refractivity contribution >= 4 is 34.2 Å². The van der Waals surface area contributed by atoms with E-state index in [4.69, 9.17) is 14.2 Å². The number of ether oxygens (including phenoxy) is 3. The molecule has 9 heteroatoms. The smallest absolute Gasteiger partial charge is 0.265 e. The zero-order chi connectivity index (χ0) is 21.1. The third kappa shape index (κ3) is 3.57. The van der Waals surface area contributed by atoms with Crippen molar-refractivity contribution in [3.8, 4) is 17.2 Å². The Labute approximate surface area is 173 Å². The topological polar surface area (TPSA) is 107 Å². The van der Waals surface area contributed by atoms with Crippen LogP contribution in [-0.2, 0) is 6.42 Å². The molecule has 30 heavy (non-hydrogen) atoms. The van der Waals surface area contributed by atoms with E-state index in [1.807, 2.05) is 6.07 Å². The summed E-state index contributed by atoms with van der Waals surface area (Å²) in [7, 11) is 4.72. The summed E-state index contributed by atoms with van der Waals surface area (Å²) >= 11 is 0. The average molecular weight is 406 g/mol. The fourth-order valence-corrected chi connectivity index (χ4v) is 3.20. The van der Waals surface area contributed by atoms with E-state index in [0.717, 1.165) is 22.8 Å². The second kappa shape index (κ2) is 8.24. The predicted octanol–water partition coefficient (Wildman–Crippen LogP) is 3.54. The number of hydrogen-bond acceptors (Lipinski definition) is 8. The van der Waals surface area contributed by atoms with Crippen LogP contribution >= 0.6 is 0 Å². The van der Waals surface area contributed by atoms with E-state index in [1.165, 1.54) is 5.56 Å². The quantitative estimate of drug-likeness (QED) is 0.357. The SMILES string of the molecule is CCc1ccc2[nH]c3nc(N/N=C/c4cc(OC)c(OC)cc4OC)nnc3c2c1.